The third-order valence-electron chi connectivity index (χ3n) is 3.48. The number of aryl methyl sites for hydroxylation is 1. The maximum Gasteiger partial charge on any atom is 0.270 e. The molecule has 2 amide bonds. The maximum atomic E-state index is 12.9. The average Bonchev–Trinajstić information content (AvgIpc) is 2.59. The zero-order chi connectivity index (χ0) is 17.1. The lowest BCUT2D eigenvalue weighted by molar-refractivity contribution is 0.0847. The lowest BCUT2D eigenvalue weighted by Gasteiger charge is -2.10. The quantitative estimate of drug-likeness (QED) is 0.712. The maximum absolute atomic E-state index is 12.9. The number of nitrogens with one attached hydrogen (secondary N) is 2. The van der Waals surface area contributed by atoms with Crippen LogP contribution < -0.4 is 10.9 Å². The highest BCUT2D eigenvalue weighted by Gasteiger charge is 2.13. The number of carbonyl (C=O) groups is 2. The van der Waals surface area contributed by atoms with Crippen molar-refractivity contribution in [3.8, 4) is 0 Å². The minimum atomic E-state index is -0.529. The van der Waals surface area contributed by atoms with Crippen LogP contribution in [0.25, 0.3) is 10.9 Å². The number of halogens is 1. The fraction of sp³-hybridized carbons (Fsp3) is 0.0556. The van der Waals surface area contributed by atoms with Gasteiger partial charge in [0.2, 0.25) is 0 Å². The second-order valence-corrected chi connectivity index (χ2v) is 5.24. The molecule has 0 spiro atoms. The largest absolute Gasteiger partial charge is 0.270 e. The average molecular weight is 323 g/mol. The predicted molar refractivity (Wildman–Crippen MR) is 87.8 cm³/mol. The second-order valence-electron chi connectivity index (χ2n) is 5.24. The molecule has 1 aromatic heterocycles. The van der Waals surface area contributed by atoms with Gasteiger partial charge in [0.15, 0.2) is 0 Å². The molecular formula is C18H14FN3O2. The van der Waals surface area contributed by atoms with Crippen molar-refractivity contribution in [2.24, 2.45) is 0 Å². The molecule has 0 aliphatic carbocycles. The van der Waals surface area contributed by atoms with Gasteiger partial charge in [0.05, 0.1) is 11.1 Å². The zero-order valence-corrected chi connectivity index (χ0v) is 12.8. The van der Waals surface area contributed by atoms with Gasteiger partial charge >= 0.3 is 0 Å². The number of para-hydroxylation sites is 1. The lowest BCUT2D eigenvalue weighted by atomic mass is 10.1. The molecule has 120 valence electrons. The number of aromatic nitrogens is 1. The first kappa shape index (κ1) is 15.6. The van der Waals surface area contributed by atoms with Crippen LogP contribution in [0.3, 0.4) is 0 Å². The molecule has 3 rings (SSSR count). The van der Waals surface area contributed by atoms with E-state index in [1.165, 1.54) is 24.3 Å². The summed E-state index contributed by atoms with van der Waals surface area (Å²) in [6, 6.07) is 13.9. The fourth-order valence-electron chi connectivity index (χ4n) is 2.35. The predicted octanol–water partition coefficient (Wildman–Crippen LogP) is 2.76. The summed E-state index contributed by atoms with van der Waals surface area (Å²) in [5.74, 6) is -1.42. The van der Waals surface area contributed by atoms with E-state index >= 15 is 0 Å². The van der Waals surface area contributed by atoms with Gasteiger partial charge in [0.1, 0.15) is 5.82 Å². The Morgan fingerprint density at radius 1 is 0.958 bits per heavy atom. The number of hydrogen-bond donors (Lipinski definition) is 2. The Hall–Kier alpha value is -3.28. The van der Waals surface area contributed by atoms with Crippen LogP contribution in [0.5, 0.6) is 0 Å². The van der Waals surface area contributed by atoms with Crippen LogP contribution >= 0.6 is 0 Å². The van der Waals surface area contributed by atoms with E-state index in [4.69, 9.17) is 0 Å². The number of benzene rings is 2. The molecule has 0 unspecified atom stereocenters. The smallest absolute Gasteiger partial charge is 0.267 e. The lowest BCUT2D eigenvalue weighted by Crippen LogP contribution is -2.41. The molecule has 0 saturated carbocycles. The molecule has 24 heavy (non-hydrogen) atoms. The molecule has 0 atom stereocenters. The Morgan fingerprint density at radius 2 is 1.62 bits per heavy atom. The van der Waals surface area contributed by atoms with Crippen molar-refractivity contribution in [1.29, 1.82) is 0 Å². The van der Waals surface area contributed by atoms with Gasteiger partial charge < -0.3 is 0 Å². The first-order valence-corrected chi connectivity index (χ1v) is 7.27. The van der Waals surface area contributed by atoms with Crippen molar-refractivity contribution < 1.29 is 14.0 Å². The first-order chi connectivity index (χ1) is 11.5. The minimum absolute atomic E-state index is 0.243. The SMILES string of the molecule is Cc1cc(C(=O)NNC(=O)c2ccc(F)cc2)c2ccccc2n1. The molecule has 0 aliphatic rings. The van der Waals surface area contributed by atoms with Crippen LogP contribution in [0.1, 0.15) is 26.4 Å². The van der Waals surface area contributed by atoms with Gasteiger partial charge in [-0.1, -0.05) is 18.2 Å². The molecule has 0 radical (unpaired) electrons. The van der Waals surface area contributed by atoms with Gasteiger partial charge in [-0.15, -0.1) is 0 Å². The van der Waals surface area contributed by atoms with Crippen LogP contribution in [-0.2, 0) is 0 Å². The molecule has 2 N–H and O–H groups in total. The topological polar surface area (TPSA) is 71.1 Å². The van der Waals surface area contributed by atoms with Crippen LogP contribution in [0.4, 0.5) is 4.39 Å². The molecule has 6 heteroatoms. The number of carbonyl (C=O) groups excluding carboxylic acids is 2. The van der Waals surface area contributed by atoms with Gasteiger partial charge in [-0.25, -0.2) is 4.39 Å². The number of fused-ring (bicyclic) bond motifs is 1. The Labute approximate surface area is 137 Å². The van der Waals surface area contributed by atoms with E-state index in [1.54, 1.807) is 19.1 Å². The van der Waals surface area contributed by atoms with Crippen molar-refractivity contribution in [2.45, 2.75) is 6.92 Å². The van der Waals surface area contributed by atoms with E-state index < -0.39 is 17.6 Å². The molecule has 0 aliphatic heterocycles. The van der Waals surface area contributed by atoms with Gasteiger partial charge in [0, 0.05) is 16.6 Å². The van der Waals surface area contributed by atoms with E-state index in [-0.39, 0.29) is 5.56 Å². The Bertz CT molecular complexity index is 923. The summed E-state index contributed by atoms with van der Waals surface area (Å²) in [6.07, 6.45) is 0. The third kappa shape index (κ3) is 3.22. The number of rotatable bonds is 2. The minimum Gasteiger partial charge on any atom is -0.267 e. The van der Waals surface area contributed by atoms with Crippen molar-refractivity contribution in [2.75, 3.05) is 0 Å². The van der Waals surface area contributed by atoms with Crippen molar-refractivity contribution >= 4 is 22.7 Å². The van der Waals surface area contributed by atoms with Crippen molar-refractivity contribution in [3.05, 3.63) is 77.2 Å². The monoisotopic (exact) mass is 323 g/mol. The summed E-state index contributed by atoms with van der Waals surface area (Å²) in [6.45, 7) is 1.79. The zero-order valence-electron chi connectivity index (χ0n) is 12.8. The van der Waals surface area contributed by atoms with Crippen LogP contribution in [0.2, 0.25) is 0 Å². The van der Waals surface area contributed by atoms with Crippen molar-refractivity contribution in [3.63, 3.8) is 0 Å². The van der Waals surface area contributed by atoms with Gasteiger partial charge in [0.25, 0.3) is 11.8 Å². The van der Waals surface area contributed by atoms with Gasteiger partial charge in [-0.3, -0.25) is 25.4 Å². The van der Waals surface area contributed by atoms with Gasteiger partial charge in [-0.05, 0) is 43.3 Å². The molecule has 0 fully saturated rings. The summed E-state index contributed by atoms with van der Waals surface area (Å²) in [5, 5.41) is 0.691. The van der Waals surface area contributed by atoms with Crippen molar-refractivity contribution in [1.82, 2.24) is 15.8 Å². The summed E-state index contributed by atoms with van der Waals surface area (Å²) in [7, 11) is 0. The standard InChI is InChI=1S/C18H14FN3O2/c1-11-10-15(14-4-2-3-5-16(14)20-11)18(24)22-21-17(23)12-6-8-13(19)9-7-12/h2-10H,1H3,(H,21,23)(H,22,24). The third-order valence-corrected chi connectivity index (χ3v) is 3.48. The van der Waals surface area contributed by atoms with Crippen LogP contribution in [0.15, 0.2) is 54.6 Å². The summed E-state index contributed by atoms with van der Waals surface area (Å²) >= 11 is 0. The molecule has 5 nitrogen and oxygen atoms in total. The fourth-order valence-corrected chi connectivity index (χ4v) is 2.35. The molecule has 3 aromatic rings. The van der Waals surface area contributed by atoms with Crippen LogP contribution in [-0.4, -0.2) is 16.8 Å². The van der Waals surface area contributed by atoms with Crippen LogP contribution in [0, 0.1) is 12.7 Å². The highest BCUT2D eigenvalue weighted by molar-refractivity contribution is 6.07. The normalized spacial score (nSPS) is 10.4. The first-order valence-electron chi connectivity index (χ1n) is 7.27. The molecule has 0 saturated heterocycles. The highest BCUT2D eigenvalue weighted by Crippen LogP contribution is 2.17. The number of nitrogens with zero attached hydrogens (tertiary/aromatic N) is 1. The summed E-state index contributed by atoms with van der Waals surface area (Å²) in [4.78, 5) is 28.7. The Balaban J connectivity index is 1.78. The van der Waals surface area contributed by atoms with E-state index in [0.717, 1.165) is 0 Å². The Kier molecular flexibility index (Phi) is 4.20. The molecule has 0 bridgehead atoms. The number of hydrogen-bond acceptors (Lipinski definition) is 3. The highest BCUT2D eigenvalue weighted by atomic mass is 19.1. The van der Waals surface area contributed by atoms with E-state index in [0.29, 0.717) is 22.2 Å². The molecule has 2 aromatic carbocycles. The Morgan fingerprint density at radius 3 is 2.38 bits per heavy atom. The second kappa shape index (κ2) is 6.45. The number of hydrazine groups is 1. The van der Waals surface area contributed by atoms with E-state index in [9.17, 15) is 14.0 Å². The number of pyridine rings is 1. The van der Waals surface area contributed by atoms with E-state index in [2.05, 4.69) is 15.8 Å². The van der Waals surface area contributed by atoms with Gasteiger partial charge in [-0.2, -0.15) is 0 Å². The molecular weight excluding hydrogens is 309 g/mol. The summed E-state index contributed by atoms with van der Waals surface area (Å²) in [5.41, 5.74) is 6.75. The number of amides is 2. The molecule has 1 heterocycles. The van der Waals surface area contributed by atoms with E-state index in [1.807, 2.05) is 18.2 Å². The summed E-state index contributed by atoms with van der Waals surface area (Å²) < 4.78 is 12.9.